The Bertz CT molecular complexity index is 596. The zero-order valence-electron chi connectivity index (χ0n) is 10.4. The summed E-state index contributed by atoms with van der Waals surface area (Å²) in [6.45, 7) is 1.85. The van der Waals surface area contributed by atoms with Crippen LogP contribution in [-0.2, 0) is 0 Å². The lowest BCUT2D eigenvalue weighted by molar-refractivity contribution is 0.262. The van der Waals surface area contributed by atoms with Gasteiger partial charge in [0.05, 0.1) is 0 Å². The zero-order chi connectivity index (χ0) is 13.8. The van der Waals surface area contributed by atoms with Crippen molar-refractivity contribution < 1.29 is 9.18 Å². The summed E-state index contributed by atoms with van der Waals surface area (Å²) in [6, 6.07) is 10.4. The summed E-state index contributed by atoms with van der Waals surface area (Å²) in [6.07, 6.45) is 0. The molecule has 0 fully saturated rings. The van der Waals surface area contributed by atoms with Crippen molar-refractivity contribution in [3.05, 3.63) is 53.8 Å². The average Bonchev–Trinajstić information content (AvgIpc) is 2.36. The summed E-state index contributed by atoms with van der Waals surface area (Å²) in [5.74, 6) is -0.347. The maximum Gasteiger partial charge on any atom is 0.323 e. The van der Waals surface area contributed by atoms with E-state index in [9.17, 15) is 9.18 Å². The molecule has 0 atom stereocenters. The summed E-state index contributed by atoms with van der Waals surface area (Å²) in [4.78, 5) is 11.8. The van der Waals surface area contributed by atoms with Gasteiger partial charge in [-0.3, -0.25) is 0 Å². The van der Waals surface area contributed by atoms with Gasteiger partial charge in [0.1, 0.15) is 5.82 Å². The van der Waals surface area contributed by atoms with Gasteiger partial charge >= 0.3 is 6.03 Å². The number of carbonyl (C=O) groups excluding carboxylic acids is 1. The van der Waals surface area contributed by atoms with Crippen molar-refractivity contribution in [1.29, 1.82) is 0 Å². The van der Waals surface area contributed by atoms with Crippen LogP contribution in [0.1, 0.15) is 5.56 Å². The molecule has 19 heavy (non-hydrogen) atoms. The number of nitrogen functional groups attached to an aromatic ring is 1. The highest BCUT2D eigenvalue weighted by Crippen LogP contribution is 2.18. The number of anilines is 3. The molecule has 0 aliphatic heterocycles. The zero-order valence-corrected chi connectivity index (χ0v) is 10.4. The first-order chi connectivity index (χ1) is 9.04. The van der Waals surface area contributed by atoms with E-state index in [0.717, 1.165) is 5.56 Å². The second-order valence-electron chi connectivity index (χ2n) is 4.16. The van der Waals surface area contributed by atoms with Crippen LogP contribution < -0.4 is 16.4 Å². The first-order valence-corrected chi connectivity index (χ1v) is 5.74. The third-order valence-corrected chi connectivity index (χ3v) is 2.60. The highest BCUT2D eigenvalue weighted by Gasteiger charge is 2.05. The maximum absolute atomic E-state index is 12.7. The van der Waals surface area contributed by atoms with Gasteiger partial charge < -0.3 is 16.4 Å². The lowest BCUT2D eigenvalue weighted by Gasteiger charge is -2.10. The lowest BCUT2D eigenvalue weighted by Crippen LogP contribution is -2.19. The molecule has 2 aromatic carbocycles. The van der Waals surface area contributed by atoms with Gasteiger partial charge in [0.25, 0.3) is 0 Å². The Kier molecular flexibility index (Phi) is 3.66. The molecular formula is C14H14FN3O. The molecule has 0 radical (unpaired) electrons. The van der Waals surface area contributed by atoms with Crippen molar-refractivity contribution >= 4 is 23.1 Å². The van der Waals surface area contributed by atoms with E-state index in [4.69, 9.17) is 5.73 Å². The normalized spacial score (nSPS) is 10.0. The van der Waals surface area contributed by atoms with Crippen LogP contribution >= 0.6 is 0 Å². The number of rotatable bonds is 2. The fourth-order valence-corrected chi connectivity index (χ4v) is 1.64. The molecule has 2 rings (SSSR count). The topological polar surface area (TPSA) is 67.1 Å². The molecule has 0 spiro atoms. The number of carbonyl (C=O) groups is 1. The van der Waals surface area contributed by atoms with E-state index in [-0.39, 0.29) is 11.8 Å². The van der Waals surface area contributed by atoms with Crippen molar-refractivity contribution in [1.82, 2.24) is 0 Å². The molecule has 4 nitrogen and oxygen atoms in total. The number of aryl methyl sites for hydroxylation is 1. The van der Waals surface area contributed by atoms with Gasteiger partial charge in [-0.15, -0.1) is 0 Å². The Morgan fingerprint density at radius 3 is 2.42 bits per heavy atom. The van der Waals surface area contributed by atoms with Crippen LogP contribution in [0.5, 0.6) is 0 Å². The number of hydrogen-bond acceptors (Lipinski definition) is 2. The number of amides is 2. The molecule has 0 aliphatic rings. The number of benzene rings is 2. The number of nitrogens with two attached hydrogens (primary N) is 1. The highest BCUT2D eigenvalue weighted by molar-refractivity contribution is 6.00. The highest BCUT2D eigenvalue weighted by atomic mass is 19.1. The SMILES string of the molecule is Cc1cc(N)ccc1NC(=O)Nc1ccc(F)cc1. The molecule has 0 heterocycles. The van der Waals surface area contributed by atoms with E-state index in [2.05, 4.69) is 10.6 Å². The largest absolute Gasteiger partial charge is 0.399 e. The molecule has 0 unspecified atom stereocenters. The van der Waals surface area contributed by atoms with Gasteiger partial charge in [0, 0.05) is 17.1 Å². The first kappa shape index (κ1) is 12.9. The summed E-state index contributed by atoms with van der Waals surface area (Å²) in [5, 5.41) is 5.31. The molecule has 5 heteroatoms. The molecule has 0 aliphatic carbocycles. The quantitative estimate of drug-likeness (QED) is 0.724. The Balaban J connectivity index is 2.03. The van der Waals surface area contributed by atoms with Gasteiger partial charge in [-0.2, -0.15) is 0 Å². The van der Waals surface area contributed by atoms with Crippen LogP contribution in [0.25, 0.3) is 0 Å². The minimum atomic E-state index is -0.389. The molecule has 2 aromatic rings. The van der Waals surface area contributed by atoms with Gasteiger partial charge in [-0.1, -0.05) is 0 Å². The van der Waals surface area contributed by atoms with Crippen molar-refractivity contribution in [2.24, 2.45) is 0 Å². The number of hydrogen-bond donors (Lipinski definition) is 3. The Labute approximate surface area is 110 Å². The molecule has 98 valence electrons. The fraction of sp³-hybridized carbons (Fsp3) is 0.0714. The third kappa shape index (κ3) is 3.45. The van der Waals surface area contributed by atoms with E-state index < -0.39 is 0 Å². The monoisotopic (exact) mass is 259 g/mol. The molecule has 4 N–H and O–H groups in total. The van der Waals surface area contributed by atoms with Crippen LogP contribution in [0.2, 0.25) is 0 Å². The molecular weight excluding hydrogens is 245 g/mol. The standard InChI is InChI=1S/C14H14FN3O/c1-9-8-11(16)4-7-13(9)18-14(19)17-12-5-2-10(15)3-6-12/h2-8H,16H2,1H3,(H2,17,18,19). The van der Waals surface area contributed by atoms with Crippen LogP contribution in [0.4, 0.5) is 26.2 Å². The third-order valence-electron chi connectivity index (χ3n) is 2.60. The van der Waals surface area contributed by atoms with E-state index in [0.29, 0.717) is 17.1 Å². The second-order valence-corrected chi connectivity index (χ2v) is 4.16. The molecule has 0 saturated heterocycles. The molecule has 0 aromatic heterocycles. The lowest BCUT2D eigenvalue weighted by atomic mass is 10.2. The minimum Gasteiger partial charge on any atom is -0.399 e. The number of halogens is 1. The van der Waals surface area contributed by atoms with Crippen molar-refractivity contribution in [3.8, 4) is 0 Å². The van der Waals surface area contributed by atoms with Gasteiger partial charge in [0.15, 0.2) is 0 Å². The van der Waals surface area contributed by atoms with Crippen LogP contribution in [0.3, 0.4) is 0 Å². The fourth-order valence-electron chi connectivity index (χ4n) is 1.64. The Hall–Kier alpha value is -2.56. The van der Waals surface area contributed by atoms with E-state index in [1.807, 2.05) is 6.92 Å². The van der Waals surface area contributed by atoms with Crippen molar-refractivity contribution in [2.45, 2.75) is 6.92 Å². The minimum absolute atomic E-state index is 0.347. The van der Waals surface area contributed by atoms with Crippen LogP contribution in [-0.4, -0.2) is 6.03 Å². The predicted molar refractivity (Wildman–Crippen MR) is 74.6 cm³/mol. The van der Waals surface area contributed by atoms with Gasteiger partial charge in [-0.05, 0) is 55.0 Å². The van der Waals surface area contributed by atoms with Gasteiger partial charge in [-0.25, -0.2) is 9.18 Å². The number of urea groups is 1. The smallest absolute Gasteiger partial charge is 0.323 e. The summed E-state index contributed by atoms with van der Waals surface area (Å²) < 4.78 is 12.7. The molecule has 0 saturated carbocycles. The second kappa shape index (κ2) is 5.39. The maximum atomic E-state index is 12.7. The Morgan fingerprint density at radius 2 is 1.79 bits per heavy atom. The van der Waals surface area contributed by atoms with Crippen LogP contribution in [0, 0.1) is 12.7 Å². The number of nitrogens with one attached hydrogen (secondary N) is 2. The van der Waals surface area contributed by atoms with E-state index in [1.165, 1.54) is 24.3 Å². The van der Waals surface area contributed by atoms with E-state index in [1.54, 1.807) is 18.2 Å². The summed E-state index contributed by atoms with van der Waals surface area (Å²) in [7, 11) is 0. The van der Waals surface area contributed by atoms with Crippen molar-refractivity contribution in [3.63, 3.8) is 0 Å². The van der Waals surface area contributed by atoms with Crippen LogP contribution in [0.15, 0.2) is 42.5 Å². The van der Waals surface area contributed by atoms with E-state index >= 15 is 0 Å². The molecule has 0 bridgehead atoms. The molecule has 2 amide bonds. The predicted octanol–water partition coefficient (Wildman–Crippen LogP) is 3.36. The van der Waals surface area contributed by atoms with Crippen molar-refractivity contribution in [2.75, 3.05) is 16.4 Å². The van der Waals surface area contributed by atoms with Gasteiger partial charge in [0.2, 0.25) is 0 Å². The first-order valence-electron chi connectivity index (χ1n) is 5.74. The summed E-state index contributed by atoms with van der Waals surface area (Å²) >= 11 is 0. The Morgan fingerprint density at radius 1 is 1.11 bits per heavy atom. The summed E-state index contributed by atoms with van der Waals surface area (Å²) in [5.41, 5.74) is 8.34. The average molecular weight is 259 g/mol.